The molecule has 1 N–H and O–H groups in total. The van der Waals surface area contributed by atoms with Crippen LogP contribution in [0.15, 0.2) is 30.6 Å². The normalized spacial score (nSPS) is 18.9. The largest absolute Gasteiger partial charge is 0.481 e. The highest BCUT2D eigenvalue weighted by atomic mass is 16.4. The predicted molar refractivity (Wildman–Crippen MR) is 72.1 cm³/mol. The van der Waals surface area contributed by atoms with Crippen molar-refractivity contribution in [2.45, 2.75) is 13.0 Å². The summed E-state index contributed by atoms with van der Waals surface area (Å²) in [7, 11) is 0. The number of rotatable bonds is 4. The Hall–Kier alpha value is -2.37. The summed E-state index contributed by atoms with van der Waals surface area (Å²) in [5.74, 6) is -1.54. The number of benzene rings is 1. The molecule has 3 rings (SSSR count). The van der Waals surface area contributed by atoms with Crippen LogP contribution in [0, 0.1) is 5.92 Å². The molecule has 0 saturated carbocycles. The van der Waals surface area contributed by atoms with Gasteiger partial charge in [-0.3, -0.25) is 9.59 Å². The summed E-state index contributed by atoms with van der Waals surface area (Å²) < 4.78 is 1.98. The van der Waals surface area contributed by atoms with E-state index in [4.69, 9.17) is 5.11 Å². The molecule has 20 heavy (non-hydrogen) atoms. The Morgan fingerprint density at radius 2 is 2.15 bits per heavy atom. The number of carbonyl (C=O) groups is 2. The molecule has 1 amide bonds. The molecule has 1 aliphatic rings. The van der Waals surface area contributed by atoms with Gasteiger partial charge in [-0.25, -0.2) is 4.98 Å². The molecule has 1 aromatic heterocycles. The van der Waals surface area contributed by atoms with Crippen molar-refractivity contribution in [1.82, 2.24) is 14.5 Å². The predicted octanol–water partition coefficient (Wildman–Crippen LogP) is 0.969. The van der Waals surface area contributed by atoms with Gasteiger partial charge in [0.05, 0.1) is 23.3 Å². The summed E-state index contributed by atoms with van der Waals surface area (Å²) in [6.45, 7) is 1.45. The Morgan fingerprint density at radius 1 is 1.35 bits per heavy atom. The van der Waals surface area contributed by atoms with Crippen molar-refractivity contribution in [3.63, 3.8) is 0 Å². The second-order valence-electron chi connectivity index (χ2n) is 5.01. The van der Waals surface area contributed by atoms with Crippen molar-refractivity contribution >= 4 is 22.9 Å². The standard InChI is InChI=1S/C14H15N3O3/c18-13-7-10(14(19)20)8-16(13)5-6-17-9-15-11-3-1-2-4-12(11)17/h1-4,9-10H,5-8H2,(H,19,20). The van der Waals surface area contributed by atoms with E-state index in [1.807, 2.05) is 28.8 Å². The van der Waals surface area contributed by atoms with Gasteiger partial charge in [0.1, 0.15) is 0 Å². The highest BCUT2D eigenvalue weighted by Gasteiger charge is 2.33. The number of likely N-dealkylation sites (tertiary alicyclic amines) is 1. The number of para-hydroxylation sites is 2. The van der Waals surface area contributed by atoms with Gasteiger partial charge in [-0.2, -0.15) is 0 Å². The number of imidazole rings is 1. The van der Waals surface area contributed by atoms with Gasteiger partial charge in [-0.1, -0.05) is 12.1 Å². The van der Waals surface area contributed by atoms with Crippen LogP contribution >= 0.6 is 0 Å². The topological polar surface area (TPSA) is 75.4 Å². The van der Waals surface area contributed by atoms with E-state index >= 15 is 0 Å². The summed E-state index contributed by atoms with van der Waals surface area (Å²) in [4.78, 5) is 28.6. The maximum Gasteiger partial charge on any atom is 0.308 e. The number of carbonyl (C=O) groups excluding carboxylic acids is 1. The zero-order valence-electron chi connectivity index (χ0n) is 10.9. The number of fused-ring (bicyclic) bond motifs is 1. The zero-order valence-corrected chi connectivity index (χ0v) is 10.9. The monoisotopic (exact) mass is 273 g/mol. The molecule has 6 nitrogen and oxygen atoms in total. The Labute approximate surface area is 115 Å². The lowest BCUT2D eigenvalue weighted by Crippen LogP contribution is -2.29. The van der Waals surface area contributed by atoms with E-state index in [2.05, 4.69) is 4.98 Å². The molecule has 0 bridgehead atoms. The molecule has 2 aromatic rings. The number of hydrogen-bond donors (Lipinski definition) is 1. The van der Waals surface area contributed by atoms with Crippen LogP contribution in [0.25, 0.3) is 11.0 Å². The van der Waals surface area contributed by atoms with Crippen LogP contribution in [0.4, 0.5) is 0 Å². The third-order valence-corrected chi connectivity index (χ3v) is 3.70. The van der Waals surface area contributed by atoms with Crippen molar-refractivity contribution < 1.29 is 14.7 Å². The maximum absolute atomic E-state index is 11.7. The molecule has 2 heterocycles. The van der Waals surface area contributed by atoms with Gasteiger partial charge in [0.2, 0.25) is 5.91 Å². The number of nitrogens with zero attached hydrogens (tertiary/aromatic N) is 3. The molecule has 0 spiro atoms. The van der Waals surface area contributed by atoms with Crippen LogP contribution in [0.2, 0.25) is 0 Å². The number of aliphatic carboxylic acids is 1. The second-order valence-corrected chi connectivity index (χ2v) is 5.01. The van der Waals surface area contributed by atoms with Crippen molar-refractivity contribution in [3.05, 3.63) is 30.6 Å². The Bertz CT molecular complexity index is 664. The third kappa shape index (κ3) is 2.24. The van der Waals surface area contributed by atoms with Gasteiger partial charge < -0.3 is 14.6 Å². The van der Waals surface area contributed by atoms with Gasteiger partial charge in [0.25, 0.3) is 0 Å². The van der Waals surface area contributed by atoms with Crippen LogP contribution in [0.3, 0.4) is 0 Å². The Morgan fingerprint density at radius 3 is 2.90 bits per heavy atom. The smallest absolute Gasteiger partial charge is 0.308 e. The quantitative estimate of drug-likeness (QED) is 0.900. The first-order chi connectivity index (χ1) is 9.65. The van der Waals surface area contributed by atoms with Crippen molar-refractivity contribution in [2.75, 3.05) is 13.1 Å². The second kappa shape index (κ2) is 4.96. The molecule has 104 valence electrons. The van der Waals surface area contributed by atoms with Crippen LogP contribution < -0.4 is 0 Å². The summed E-state index contributed by atoms with van der Waals surface area (Å²) >= 11 is 0. The molecular weight excluding hydrogens is 258 g/mol. The fraction of sp³-hybridized carbons (Fsp3) is 0.357. The molecule has 1 atom stereocenters. The van der Waals surface area contributed by atoms with Crippen LogP contribution in [-0.2, 0) is 16.1 Å². The van der Waals surface area contributed by atoms with E-state index in [0.29, 0.717) is 19.6 Å². The first kappa shape index (κ1) is 12.7. The molecule has 1 fully saturated rings. The zero-order chi connectivity index (χ0) is 14.1. The lowest BCUT2D eigenvalue weighted by atomic mass is 10.1. The van der Waals surface area contributed by atoms with Crippen LogP contribution in [0.5, 0.6) is 0 Å². The molecule has 1 unspecified atom stereocenters. The van der Waals surface area contributed by atoms with Gasteiger partial charge in [0.15, 0.2) is 0 Å². The number of hydrogen-bond acceptors (Lipinski definition) is 3. The van der Waals surface area contributed by atoms with Gasteiger partial charge in [-0.15, -0.1) is 0 Å². The molecule has 6 heteroatoms. The maximum atomic E-state index is 11.7. The summed E-state index contributed by atoms with van der Waals surface area (Å²) in [6.07, 6.45) is 1.86. The minimum atomic E-state index is -0.895. The minimum absolute atomic E-state index is 0.0816. The Balaban J connectivity index is 1.68. The van der Waals surface area contributed by atoms with Gasteiger partial charge in [-0.05, 0) is 12.1 Å². The fourth-order valence-corrected chi connectivity index (χ4v) is 2.57. The van der Waals surface area contributed by atoms with E-state index in [1.54, 1.807) is 11.2 Å². The fourth-order valence-electron chi connectivity index (χ4n) is 2.57. The van der Waals surface area contributed by atoms with E-state index in [9.17, 15) is 9.59 Å². The highest BCUT2D eigenvalue weighted by molar-refractivity contribution is 5.86. The molecule has 1 saturated heterocycles. The molecule has 0 radical (unpaired) electrons. The van der Waals surface area contributed by atoms with E-state index in [0.717, 1.165) is 11.0 Å². The van der Waals surface area contributed by atoms with Crippen LogP contribution in [0.1, 0.15) is 6.42 Å². The minimum Gasteiger partial charge on any atom is -0.481 e. The Kier molecular flexibility index (Phi) is 3.14. The number of amides is 1. The molecule has 1 aromatic carbocycles. The van der Waals surface area contributed by atoms with Crippen LogP contribution in [-0.4, -0.2) is 44.5 Å². The molecular formula is C14H15N3O3. The van der Waals surface area contributed by atoms with Gasteiger partial charge >= 0.3 is 5.97 Å². The average molecular weight is 273 g/mol. The highest BCUT2D eigenvalue weighted by Crippen LogP contribution is 2.18. The van der Waals surface area contributed by atoms with Gasteiger partial charge in [0, 0.05) is 26.1 Å². The number of carboxylic acids is 1. The van der Waals surface area contributed by atoms with E-state index in [1.165, 1.54) is 0 Å². The van der Waals surface area contributed by atoms with Crippen molar-refractivity contribution in [1.29, 1.82) is 0 Å². The third-order valence-electron chi connectivity index (χ3n) is 3.70. The summed E-state index contributed by atoms with van der Waals surface area (Å²) in [6, 6.07) is 7.80. The molecule has 1 aliphatic heterocycles. The lowest BCUT2D eigenvalue weighted by Gasteiger charge is -2.16. The molecule has 0 aliphatic carbocycles. The summed E-state index contributed by atoms with van der Waals surface area (Å²) in [5.41, 5.74) is 1.94. The van der Waals surface area contributed by atoms with Crippen molar-refractivity contribution in [3.8, 4) is 0 Å². The summed E-state index contributed by atoms with van der Waals surface area (Å²) in [5, 5.41) is 8.95. The van der Waals surface area contributed by atoms with E-state index in [-0.39, 0.29) is 12.3 Å². The first-order valence-electron chi connectivity index (χ1n) is 6.55. The first-order valence-corrected chi connectivity index (χ1v) is 6.55. The SMILES string of the molecule is O=C(O)C1CC(=O)N(CCn2cnc3ccccc32)C1. The lowest BCUT2D eigenvalue weighted by molar-refractivity contribution is -0.141. The number of carboxylic acid groups (broad SMARTS) is 1. The van der Waals surface area contributed by atoms with E-state index < -0.39 is 11.9 Å². The average Bonchev–Trinajstić information content (AvgIpc) is 3.00. The van der Waals surface area contributed by atoms with Crippen molar-refractivity contribution in [2.24, 2.45) is 5.92 Å². The number of aromatic nitrogens is 2.